The van der Waals surface area contributed by atoms with Crippen LogP contribution in [0.15, 0.2) is 35.8 Å². The summed E-state index contributed by atoms with van der Waals surface area (Å²) in [5.41, 5.74) is 2.36. The molecule has 8 heteroatoms. The molecule has 1 aromatic carbocycles. The van der Waals surface area contributed by atoms with Crippen LogP contribution in [0.5, 0.6) is 0 Å². The van der Waals surface area contributed by atoms with Crippen LogP contribution in [-0.4, -0.2) is 33.4 Å². The van der Waals surface area contributed by atoms with Gasteiger partial charge in [-0.2, -0.15) is 9.38 Å². The van der Waals surface area contributed by atoms with Gasteiger partial charge in [0.15, 0.2) is 0 Å². The number of piperidine rings is 1. The van der Waals surface area contributed by atoms with Gasteiger partial charge in [0.1, 0.15) is 6.20 Å². The van der Waals surface area contributed by atoms with Crippen molar-refractivity contribution in [1.82, 2.24) is 9.38 Å². The van der Waals surface area contributed by atoms with Gasteiger partial charge in [0, 0.05) is 30.2 Å². The number of nitrogens with zero attached hydrogens (tertiary/aromatic N) is 4. The lowest BCUT2D eigenvalue weighted by Crippen LogP contribution is -2.39. The monoisotopic (exact) mass is 357 g/mol. The zero-order valence-electron chi connectivity index (χ0n) is 13.9. The standard InChI is InChI=1S/C17H19N5O2S/c1-12-3-2-4-14(11-12)18-13-5-7-20(8-6-13)15-16(22(23)24)21-9-10-25-17(21)19-15/h2-4,9-11,13,18H,5-8H2,1H3. The van der Waals surface area contributed by atoms with Crippen molar-refractivity contribution in [1.29, 1.82) is 0 Å². The molecule has 0 spiro atoms. The molecule has 4 rings (SSSR count). The Balaban J connectivity index is 1.48. The third-order valence-corrected chi connectivity index (χ3v) is 5.33. The van der Waals surface area contributed by atoms with E-state index in [0.29, 0.717) is 16.8 Å². The number of benzene rings is 1. The number of thiazole rings is 1. The highest BCUT2D eigenvalue weighted by molar-refractivity contribution is 7.15. The number of anilines is 2. The third kappa shape index (κ3) is 3.05. The highest BCUT2D eigenvalue weighted by Crippen LogP contribution is 2.33. The molecule has 1 aliphatic heterocycles. The van der Waals surface area contributed by atoms with Crippen molar-refractivity contribution in [3.63, 3.8) is 0 Å². The van der Waals surface area contributed by atoms with Gasteiger partial charge in [-0.05, 0) is 42.4 Å². The van der Waals surface area contributed by atoms with Crippen molar-refractivity contribution >= 4 is 33.6 Å². The largest absolute Gasteiger partial charge is 0.382 e. The molecular weight excluding hydrogens is 338 g/mol. The molecule has 0 radical (unpaired) electrons. The molecule has 0 atom stereocenters. The Labute approximate surface area is 149 Å². The average molecular weight is 357 g/mol. The SMILES string of the molecule is Cc1cccc(NC2CCN(c3nc4sccn4c3[N+](=O)[O-])CC2)c1. The lowest BCUT2D eigenvalue weighted by Gasteiger charge is -2.32. The Hall–Kier alpha value is -2.61. The molecule has 0 amide bonds. The van der Waals surface area contributed by atoms with Crippen molar-refractivity contribution in [3.8, 4) is 0 Å². The molecule has 130 valence electrons. The summed E-state index contributed by atoms with van der Waals surface area (Å²) in [6, 6.07) is 8.72. The molecule has 0 saturated carbocycles. The van der Waals surface area contributed by atoms with Gasteiger partial charge in [0.05, 0.1) is 0 Å². The van der Waals surface area contributed by atoms with Gasteiger partial charge < -0.3 is 20.3 Å². The van der Waals surface area contributed by atoms with Crippen LogP contribution < -0.4 is 10.2 Å². The molecule has 3 aromatic rings. The number of imidazole rings is 1. The summed E-state index contributed by atoms with van der Waals surface area (Å²) in [5, 5.41) is 16.9. The van der Waals surface area contributed by atoms with Gasteiger partial charge >= 0.3 is 5.82 Å². The summed E-state index contributed by atoms with van der Waals surface area (Å²) in [4.78, 5) is 18.3. The Kier molecular flexibility index (Phi) is 4.04. The maximum absolute atomic E-state index is 11.5. The Morgan fingerprint density at radius 1 is 1.36 bits per heavy atom. The second-order valence-electron chi connectivity index (χ2n) is 6.35. The number of aryl methyl sites for hydroxylation is 1. The summed E-state index contributed by atoms with van der Waals surface area (Å²) in [7, 11) is 0. The lowest BCUT2D eigenvalue weighted by molar-refractivity contribution is -0.389. The molecule has 1 aliphatic rings. The highest BCUT2D eigenvalue weighted by atomic mass is 32.1. The van der Waals surface area contributed by atoms with Crippen molar-refractivity contribution in [2.45, 2.75) is 25.8 Å². The van der Waals surface area contributed by atoms with Crippen molar-refractivity contribution < 1.29 is 4.92 Å². The van der Waals surface area contributed by atoms with Gasteiger partial charge in [-0.15, -0.1) is 0 Å². The summed E-state index contributed by atoms with van der Waals surface area (Å²) in [6.07, 6.45) is 3.56. The summed E-state index contributed by atoms with van der Waals surface area (Å²) >= 11 is 1.42. The second kappa shape index (κ2) is 6.36. The predicted molar refractivity (Wildman–Crippen MR) is 99.8 cm³/mol. The van der Waals surface area contributed by atoms with Crippen molar-refractivity contribution in [3.05, 3.63) is 51.5 Å². The Bertz CT molecular complexity index is 911. The number of rotatable bonds is 4. The third-order valence-electron chi connectivity index (χ3n) is 4.58. The molecular formula is C17H19N5O2S. The van der Waals surface area contributed by atoms with Crippen LogP contribution in [0, 0.1) is 17.0 Å². The first-order chi connectivity index (χ1) is 12.1. The van der Waals surface area contributed by atoms with Crippen LogP contribution in [0.25, 0.3) is 4.96 Å². The minimum absolute atomic E-state index is 0.0707. The van der Waals surface area contributed by atoms with Crippen molar-refractivity contribution in [2.24, 2.45) is 0 Å². The fraction of sp³-hybridized carbons (Fsp3) is 0.353. The van der Waals surface area contributed by atoms with Gasteiger partial charge in [0.25, 0.3) is 4.96 Å². The molecule has 25 heavy (non-hydrogen) atoms. The first-order valence-corrected chi connectivity index (χ1v) is 9.18. The second-order valence-corrected chi connectivity index (χ2v) is 7.22. The van der Waals surface area contributed by atoms with E-state index in [0.717, 1.165) is 31.6 Å². The first kappa shape index (κ1) is 15.9. The molecule has 1 N–H and O–H groups in total. The van der Waals surface area contributed by atoms with E-state index in [4.69, 9.17) is 0 Å². The van der Waals surface area contributed by atoms with E-state index in [2.05, 4.69) is 35.4 Å². The molecule has 0 aliphatic carbocycles. The minimum Gasteiger partial charge on any atom is -0.382 e. The van der Waals surface area contributed by atoms with E-state index < -0.39 is 0 Å². The lowest BCUT2D eigenvalue weighted by atomic mass is 10.0. The molecule has 7 nitrogen and oxygen atoms in total. The van der Waals surface area contributed by atoms with E-state index in [9.17, 15) is 10.1 Å². The maximum Gasteiger partial charge on any atom is 0.373 e. The summed E-state index contributed by atoms with van der Waals surface area (Å²) in [6.45, 7) is 3.60. The number of nitrogens with one attached hydrogen (secondary N) is 1. The Morgan fingerprint density at radius 3 is 2.88 bits per heavy atom. The zero-order valence-corrected chi connectivity index (χ0v) is 14.7. The number of hydrogen-bond donors (Lipinski definition) is 1. The number of fused-ring (bicyclic) bond motifs is 1. The van der Waals surface area contributed by atoms with Crippen LogP contribution in [0.3, 0.4) is 0 Å². The van der Waals surface area contributed by atoms with Crippen molar-refractivity contribution in [2.75, 3.05) is 23.3 Å². The number of hydrogen-bond acceptors (Lipinski definition) is 6. The molecule has 2 aromatic heterocycles. The van der Waals surface area contributed by atoms with Crippen LogP contribution >= 0.6 is 11.3 Å². The van der Waals surface area contributed by atoms with E-state index in [1.165, 1.54) is 16.9 Å². The smallest absolute Gasteiger partial charge is 0.373 e. The van der Waals surface area contributed by atoms with E-state index >= 15 is 0 Å². The molecule has 0 unspecified atom stereocenters. The fourth-order valence-electron chi connectivity index (χ4n) is 3.35. The van der Waals surface area contributed by atoms with Crippen LogP contribution in [0.1, 0.15) is 18.4 Å². The molecule has 3 heterocycles. The quantitative estimate of drug-likeness (QED) is 0.569. The van der Waals surface area contributed by atoms with Crippen LogP contribution in [-0.2, 0) is 0 Å². The predicted octanol–water partition coefficient (Wildman–Crippen LogP) is 3.69. The van der Waals surface area contributed by atoms with E-state index in [1.807, 2.05) is 16.3 Å². The Morgan fingerprint density at radius 2 is 2.16 bits per heavy atom. The number of nitro groups is 1. The average Bonchev–Trinajstić information content (AvgIpc) is 3.16. The van der Waals surface area contributed by atoms with Gasteiger partial charge in [-0.3, -0.25) is 0 Å². The molecule has 1 fully saturated rings. The topological polar surface area (TPSA) is 75.7 Å². The van der Waals surface area contributed by atoms with E-state index in [1.54, 1.807) is 10.6 Å². The summed E-state index contributed by atoms with van der Waals surface area (Å²) in [5.74, 6) is 0.562. The van der Waals surface area contributed by atoms with Crippen LogP contribution in [0.4, 0.5) is 17.3 Å². The fourth-order valence-corrected chi connectivity index (χ4v) is 4.05. The first-order valence-electron chi connectivity index (χ1n) is 8.30. The number of aromatic nitrogens is 2. The van der Waals surface area contributed by atoms with E-state index in [-0.39, 0.29) is 10.7 Å². The maximum atomic E-state index is 11.5. The van der Waals surface area contributed by atoms with Gasteiger partial charge in [-0.1, -0.05) is 23.5 Å². The molecule has 0 bridgehead atoms. The normalized spacial score (nSPS) is 15.6. The summed E-state index contributed by atoms with van der Waals surface area (Å²) < 4.78 is 1.57. The van der Waals surface area contributed by atoms with Gasteiger partial charge in [-0.25, -0.2) is 0 Å². The highest BCUT2D eigenvalue weighted by Gasteiger charge is 2.30. The van der Waals surface area contributed by atoms with Gasteiger partial charge in [0.2, 0.25) is 5.82 Å². The minimum atomic E-state index is -0.334. The van der Waals surface area contributed by atoms with Crippen LogP contribution in [0.2, 0.25) is 0 Å². The zero-order chi connectivity index (χ0) is 17.4. The molecule has 1 saturated heterocycles.